The largest absolute Gasteiger partial charge is 0.243 e. The highest BCUT2D eigenvalue weighted by molar-refractivity contribution is 4.78. The first-order chi connectivity index (χ1) is 8.92. The molecule has 1 aromatic heterocycles. The Morgan fingerprint density at radius 1 is 0.889 bits per heavy atom. The van der Waals surface area contributed by atoms with Crippen LogP contribution in [0.2, 0.25) is 0 Å². The maximum absolute atomic E-state index is 2.47. The van der Waals surface area contributed by atoms with Crippen LogP contribution in [0, 0.1) is 5.92 Å². The van der Waals surface area contributed by atoms with Gasteiger partial charge in [0, 0.05) is 0 Å². The zero-order chi connectivity index (χ0) is 12.2. The Balaban J connectivity index is 1.58. The highest BCUT2D eigenvalue weighted by atomic mass is 15.1. The molecule has 18 heavy (non-hydrogen) atoms. The maximum Gasteiger partial charge on any atom is 0.243 e. The molecule has 100 valence electrons. The van der Waals surface area contributed by atoms with E-state index >= 15 is 0 Å². The van der Waals surface area contributed by atoms with Crippen LogP contribution >= 0.6 is 0 Å². The van der Waals surface area contributed by atoms with Crippen LogP contribution in [0.3, 0.4) is 0 Å². The highest BCUT2D eigenvalue weighted by Gasteiger charge is 2.21. The number of imidazole rings is 1. The van der Waals surface area contributed by atoms with Gasteiger partial charge in [0.05, 0.1) is 6.54 Å². The zero-order valence-electron chi connectivity index (χ0n) is 11.6. The van der Waals surface area contributed by atoms with Crippen LogP contribution in [0.5, 0.6) is 0 Å². The Bertz CT molecular complexity index is 357. The average Bonchev–Trinajstić information content (AvgIpc) is 2.89. The first-order valence-corrected chi connectivity index (χ1v) is 7.98. The SMILES string of the molecule is c1c[n+](CC2CCCCC2)cn1C1CCCCC1. The summed E-state index contributed by atoms with van der Waals surface area (Å²) >= 11 is 0. The van der Waals surface area contributed by atoms with E-state index in [1.165, 1.54) is 70.8 Å². The lowest BCUT2D eigenvalue weighted by atomic mass is 9.89. The minimum absolute atomic E-state index is 0.784. The van der Waals surface area contributed by atoms with E-state index in [1.807, 2.05) is 0 Å². The summed E-state index contributed by atoms with van der Waals surface area (Å²) in [6, 6.07) is 0.784. The fourth-order valence-corrected chi connectivity index (χ4v) is 3.78. The van der Waals surface area contributed by atoms with Crippen LogP contribution in [0.15, 0.2) is 18.7 Å². The van der Waals surface area contributed by atoms with Crippen LogP contribution in [-0.2, 0) is 6.54 Å². The van der Waals surface area contributed by atoms with Crippen molar-refractivity contribution in [2.75, 3.05) is 0 Å². The second-order valence-electron chi connectivity index (χ2n) is 6.35. The van der Waals surface area contributed by atoms with Crippen molar-refractivity contribution in [1.82, 2.24) is 4.57 Å². The molecule has 2 fully saturated rings. The summed E-state index contributed by atoms with van der Waals surface area (Å²) in [7, 11) is 0. The first kappa shape index (κ1) is 12.3. The predicted molar refractivity (Wildman–Crippen MR) is 73.3 cm³/mol. The van der Waals surface area contributed by atoms with Gasteiger partial charge in [-0.3, -0.25) is 0 Å². The minimum Gasteiger partial charge on any atom is -0.237 e. The van der Waals surface area contributed by atoms with E-state index in [1.54, 1.807) is 0 Å². The molecule has 0 N–H and O–H groups in total. The number of aromatic nitrogens is 2. The average molecular weight is 247 g/mol. The molecular weight excluding hydrogens is 220 g/mol. The molecule has 0 saturated heterocycles. The van der Waals surface area contributed by atoms with Gasteiger partial charge in [0.1, 0.15) is 18.4 Å². The minimum atomic E-state index is 0.784. The van der Waals surface area contributed by atoms with Crippen LogP contribution in [0.1, 0.15) is 70.3 Å². The number of hydrogen-bond donors (Lipinski definition) is 0. The predicted octanol–water partition coefficient (Wildman–Crippen LogP) is 3.86. The highest BCUT2D eigenvalue weighted by Crippen LogP contribution is 2.27. The third-order valence-electron chi connectivity index (χ3n) is 4.90. The van der Waals surface area contributed by atoms with Crippen LogP contribution in [-0.4, -0.2) is 4.57 Å². The van der Waals surface area contributed by atoms with Crippen LogP contribution < -0.4 is 4.57 Å². The van der Waals surface area contributed by atoms with Crippen molar-refractivity contribution in [3.63, 3.8) is 0 Å². The maximum atomic E-state index is 2.47. The quantitative estimate of drug-likeness (QED) is 0.717. The Hall–Kier alpha value is -0.790. The van der Waals surface area contributed by atoms with Crippen molar-refractivity contribution < 1.29 is 4.57 Å². The lowest BCUT2D eigenvalue weighted by Crippen LogP contribution is -2.36. The van der Waals surface area contributed by atoms with Crippen molar-refractivity contribution in [2.24, 2.45) is 5.92 Å². The Labute approximate surface area is 111 Å². The van der Waals surface area contributed by atoms with Crippen LogP contribution in [0.25, 0.3) is 0 Å². The number of rotatable bonds is 3. The van der Waals surface area contributed by atoms with Gasteiger partial charge >= 0.3 is 0 Å². The van der Waals surface area contributed by atoms with Gasteiger partial charge in [-0.25, -0.2) is 9.13 Å². The number of nitrogens with zero attached hydrogens (tertiary/aromatic N) is 2. The Morgan fingerprint density at radius 2 is 1.56 bits per heavy atom. The van der Waals surface area contributed by atoms with Crippen molar-refractivity contribution in [1.29, 1.82) is 0 Å². The van der Waals surface area contributed by atoms with Gasteiger partial charge in [0.2, 0.25) is 6.33 Å². The van der Waals surface area contributed by atoms with Crippen molar-refractivity contribution >= 4 is 0 Å². The number of hydrogen-bond acceptors (Lipinski definition) is 0. The third kappa shape index (κ3) is 2.96. The third-order valence-corrected chi connectivity index (χ3v) is 4.90. The summed E-state index contributed by atoms with van der Waals surface area (Å²) in [5, 5.41) is 0. The van der Waals surface area contributed by atoms with Gasteiger partial charge in [-0.05, 0) is 44.4 Å². The summed E-state index contributed by atoms with van der Waals surface area (Å²) in [4.78, 5) is 0. The van der Waals surface area contributed by atoms with Gasteiger partial charge in [-0.2, -0.15) is 0 Å². The molecule has 2 aliphatic rings. The molecule has 1 aromatic rings. The van der Waals surface area contributed by atoms with E-state index in [2.05, 4.69) is 27.9 Å². The zero-order valence-corrected chi connectivity index (χ0v) is 11.6. The smallest absolute Gasteiger partial charge is 0.237 e. The van der Waals surface area contributed by atoms with E-state index in [9.17, 15) is 0 Å². The monoisotopic (exact) mass is 247 g/mol. The lowest BCUT2D eigenvalue weighted by Gasteiger charge is -2.20. The topological polar surface area (TPSA) is 8.81 Å². The fourth-order valence-electron chi connectivity index (χ4n) is 3.78. The molecule has 0 amide bonds. The molecule has 2 saturated carbocycles. The van der Waals surface area contributed by atoms with E-state index in [-0.39, 0.29) is 0 Å². The molecule has 0 spiro atoms. The van der Waals surface area contributed by atoms with Gasteiger partial charge < -0.3 is 0 Å². The van der Waals surface area contributed by atoms with E-state index in [4.69, 9.17) is 0 Å². The molecule has 0 aliphatic heterocycles. The summed E-state index contributed by atoms with van der Waals surface area (Å²) in [5.74, 6) is 0.936. The Morgan fingerprint density at radius 3 is 2.28 bits per heavy atom. The molecule has 0 bridgehead atoms. The molecule has 2 heteroatoms. The summed E-state index contributed by atoms with van der Waals surface area (Å²) in [5.41, 5.74) is 0. The van der Waals surface area contributed by atoms with Gasteiger partial charge in [-0.1, -0.05) is 25.7 Å². The van der Waals surface area contributed by atoms with E-state index < -0.39 is 0 Å². The van der Waals surface area contributed by atoms with Crippen molar-refractivity contribution in [3.8, 4) is 0 Å². The van der Waals surface area contributed by atoms with E-state index in [0.717, 1.165) is 12.0 Å². The van der Waals surface area contributed by atoms with Gasteiger partial charge in [-0.15, -0.1) is 0 Å². The summed E-state index contributed by atoms with van der Waals surface area (Å²) in [6.07, 6.45) is 21.3. The molecular formula is C16H27N2+. The second-order valence-corrected chi connectivity index (χ2v) is 6.35. The van der Waals surface area contributed by atoms with E-state index in [0.29, 0.717) is 0 Å². The summed E-state index contributed by atoms with van der Waals surface area (Å²) in [6.45, 7) is 1.25. The Kier molecular flexibility index (Phi) is 4.02. The molecule has 2 aliphatic carbocycles. The molecule has 0 radical (unpaired) electrons. The second kappa shape index (κ2) is 5.90. The molecule has 0 unspecified atom stereocenters. The van der Waals surface area contributed by atoms with Crippen molar-refractivity contribution in [2.45, 2.75) is 76.8 Å². The molecule has 1 heterocycles. The van der Waals surface area contributed by atoms with Crippen molar-refractivity contribution in [3.05, 3.63) is 18.7 Å². The molecule has 0 atom stereocenters. The van der Waals surface area contributed by atoms with Gasteiger partial charge in [0.15, 0.2) is 0 Å². The molecule has 2 nitrogen and oxygen atoms in total. The lowest BCUT2D eigenvalue weighted by molar-refractivity contribution is -0.703. The van der Waals surface area contributed by atoms with Gasteiger partial charge in [0.25, 0.3) is 0 Å². The van der Waals surface area contributed by atoms with Crippen LogP contribution in [0.4, 0.5) is 0 Å². The molecule has 3 rings (SSSR count). The molecule has 0 aromatic carbocycles. The standard InChI is InChI=1S/C16H27N2/c1-3-7-15(8-4-1)13-17-11-12-18(14-17)16-9-5-2-6-10-16/h11-12,14-16H,1-10,13H2/q+1. The first-order valence-electron chi connectivity index (χ1n) is 7.98. The summed E-state index contributed by atoms with van der Waals surface area (Å²) < 4.78 is 4.91. The normalized spacial score (nSPS) is 23.3. The fraction of sp³-hybridized carbons (Fsp3) is 0.812.